The van der Waals surface area contributed by atoms with Gasteiger partial charge < -0.3 is 14.8 Å². The number of ether oxygens (including phenoxy) is 2. The molecule has 0 unspecified atom stereocenters. The molecule has 1 aromatic carbocycles. The standard InChI is InChI=1S/C16H22N2O5S/c1-12(19)17-13-5-7-14(8-6-13)24(20,21)18-9-3-2-4-15(18)16-22-10-11-23-16/h5-8,15-16H,2-4,9-11H2,1H3,(H,17,19)/t15-/m1/s1. The van der Waals surface area contributed by atoms with E-state index in [0.29, 0.717) is 25.4 Å². The number of piperidine rings is 1. The van der Waals surface area contributed by atoms with Gasteiger partial charge in [-0.2, -0.15) is 4.31 Å². The van der Waals surface area contributed by atoms with Gasteiger partial charge in [-0.3, -0.25) is 4.79 Å². The Labute approximate surface area is 142 Å². The minimum Gasteiger partial charge on any atom is -0.349 e. The lowest BCUT2D eigenvalue weighted by molar-refractivity contribution is -0.114. The molecule has 0 aromatic heterocycles. The van der Waals surface area contributed by atoms with Crippen molar-refractivity contribution < 1.29 is 22.7 Å². The number of carbonyl (C=O) groups excluding carboxylic acids is 1. The van der Waals surface area contributed by atoms with Crippen LogP contribution in [0, 0.1) is 0 Å². The highest BCUT2D eigenvalue weighted by atomic mass is 32.2. The number of amides is 1. The highest BCUT2D eigenvalue weighted by Gasteiger charge is 2.40. The first-order valence-electron chi connectivity index (χ1n) is 8.11. The summed E-state index contributed by atoms with van der Waals surface area (Å²) < 4.78 is 38.6. The van der Waals surface area contributed by atoms with Crippen LogP contribution in [0.2, 0.25) is 0 Å². The summed E-state index contributed by atoms with van der Waals surface area (Å²) in [5.74, 6) is -0.197. The number of hydrogen-bond acceptors (Lipinski definition) is 5. The minimum atomic E-state index is -3.63. The fraction of sp³-hybridized carbons (Fsp3) is 0.562. The topological polar surface area (TPSA) is 84.9 Å². The van der Waals surface area contributed by atoms with Crippen LogP contribution in [0.4, 0.5) is 5.69 Å². The fourth-order valence-corrected chi connectivity index (χ4v) is 4.83. The van der Waals surface area contributed by atoms with Crippen molar-refractivity contribution in [3.63, 3.8) is 0 Å². The number of sulfonamides is 1. The van der Waals surface area contributed by atoms with E-state index in [9.17, 15) is 13.2 Å². The molecular weight excluding hydrogens is 332 g/mol. The SMILES string of the molecule is CC(=O)Nc1ccc(S(=O)(=O)N2CCCC[C@@H]2C2OCCO2)cc1. The van der Waals surface area contributed by atoms with Crippen LogP contribution in [0.5, 0.6) is 0 Å². The zero-order valence-corrected chi connectivity index (χ0v) is 14.4. The monoisotopic (exact) mass is 354 g/mol. The van der Waals surface area contributed by atoms with E-state index >= 15 is 0 Å². The van der Waals surface area contributed by atoms with E-state index in [2.05, 4.69) is 5.32 Å². The largest absolute Gasteiger partial charge is 0.349 e. The lowest BCUT2D eigenvalue weighted by atomic mass is 10.0. The molecule has 2 saturated heterocycles. The molecular formula is C16H22N2O5S. The van der Waals surface area contributed by atoms with E-state index in [0.717, 1.165) is 19.3 Å². The van der Waals surface area contributed by atoms with Crippen LogP contribution in [0.3, 0.4) is 0 Å². The molecule has 0 bridgehead atoms. The number of rotatable bonds is 4. The molecule has 2 fully saturated rings. The maximum Gasteiger partial charge on any atom is 0.243 e. The smallest absolute Gasteiger partial charge is 0.243 e. The Hall–Kier alpha value is -1.48. The molecule has 2 aliphatic heterocycles. The van der Waals surface area contributed by atoms with Crippen molar-refractivity contribution in [2.24, 2.45) is 0 Å². The van der Waals surface area contributed by atoms with Gasteiger partial charge >= 0.3 is 0 Å². The predicted molar refractivity (Wildman–Crippen MR) is 88.0 cm³/mol. The van der Waals surface area contributed by atoms with Crippen LogP contribution < -0.4 is 5.32 Å². The molecule has 1 N–H and O–H groups in total. The Morgan fingerprint density at radius 3 is 2.46 bits per heavy atom. The Balaban J connectivity index is 1.83. The maximum atomic E-state index is 13.0. The average Bonchev–Trinajstić information content (AvgIpc) is 3.09. The third kappa shape index (κ3) is 3.61. The molecule has 2 heterocycles. The summed E-state index contributed by atoms with van der Waals surface area (Å²) in [5, 5.41) is 2.63. The van der Waals surface area contributed by atoms with Gasteiger partial charge in [-0.1, -0.05) is 6.42 Å². The molecule has 132 valence electrons. The summed E-state index contributed by atoms with van der Waals surface area (Å²) in [7, 11) is -3.63. The number of nitrogens with zero attached hydrogens (tertiary/aromatic N) is 1. The third-order valence-electron chi connectivity index (χ3n) is 4.24. The van der Waals surface area contributed by atoms with Crippen LogP contribution in [0.25, 0.3) is 0 Å². The minimum absolute atomic E-state index is 0.197. The van der Waals surface area contributed by atoms with E-state index in [1.54, 1.807) is 12.1 Å². The molecule has 0 spiro atoms. The van der Waals surface area contributed by atoms with Gasteiger partial charge in [0.25, 0.3) is 0 Å². The van der Waals surface area contributed by atoms with Crippen LogP contribution >= 0.6 is 0 Å². The molecule has 3 rings (SSSR count). The van der Waals surface area contributed by atoms with Crippen LogP contribution in [0.1, 0.15) is 26.2 Å². The number of nitrogens with one attached hydrogen (secondary N) is 1. The van der Waals surface area contributed by atoms with Crippen molar-refractivity contribution in [2.75, 3.05) is 25.1 Å². The van der Waals surface area contributed by atoms with E-state index in [1.165, 1.54) is 23.4 Å². The van der Waals surface area contributed by atoms with Gasteiger partial charge in [-0.05, 0) is 37.1 Å². The van der Waals surface area contributed by atoms with Crippen LogP contribution in [0.15, 0.2) is 29.2 Å². The molecule has 0 radical (unpaired) electrons. The number of carbonyl (C=O) groups is 1. The Morgan fingerprint density at radius 1 is 1.17 bits per heavy atom. The van der Waals surface area contributed by atoms with E-state index in [-0.39, 0.29) is 16.8 Å². The molecule has 1 atom stereocenters. The maximum absolute atomic E-state index is 13.0. The van der Waals surface area contributed by atoms with Gasteiger partial charge in [-0.15, -0.1) is 0 Å². The van der Waals surface area contributed by atoms with Gasteiger partial charge in [0.2, 0.25) is 15.9 Å². The first-order valence-corrected chi connectivity index (χ1v) is 9.55. The normalized spacial score (nSPS) is 23.3. The van der Waals surface area contributed by atoms with Crippen LogP contribution in [-0.2, 0) is 24.3 Å². The second-order valence-electron chi connectivity index (χ2n) is 5.99. The zero-order chi connectivity index (χ0) is 17.2. The summed E-state index contributed by atoms with van der Waals surface area (Å²) in [6.45, 7) is 2.87. The first kappa shape index (κ1) is 17.3. The van der Waals surface area contributed by atoms with Crippen molar-refractivity contribution in [2.45, 2.75) is 43.4 Å². The van der Waals surface area contributed by atoms with Gasteiger partial charge in [-0.25, -0.2) is 8.42 Å². The quantitative estimate of drug-likeness (QED) is 0.887. The molecule has 1 aromatic rings. The number of hydrogen-bond donors (Lipinski definition) is 1. The summed E-state index contributed by atoms with van der Waals surface area (Å²) in [6, 6.07) is 5.93. The Kier molecular flexibility index (Phi) is 5.19. The van der Waals surface area contributed by atoms with Crippen LogP contribution in [-0.4, -0.2) is 50.7 Å². The van der Waals surface area contributed by atoms with Crippen molar-refractivity contribution in [3.8, 4) is 0 Å². The molecule has 8 heteroatoms. The first-order chi connectivity index (χ1) is 11.5. The summed E-state index contributed by atoms with van der Waals surface area (Å²) >= 11 is 0. The fourth-order valence-electron chi connectivity index (χ4n) is 3.15. The van der Waals surface area contributed by atoms with Crippen molar-refractivity contribution in [1.29, 1.82) is 0 Å². The third-order valence-corrected chi connectivity index (χ3v) is 6.18. The molecule has 7 nitrogen and oxygen atoms in total. The molecule has 24 heavy (non-hydrogen) atoms. The second kappa shape index (κ2) is 7.18. The van der Waals surface area contributed by atoms with Gasteiger partial charge in [0, 0.05) is 19.2 Å². The molecule has 0 saturated carbocycles. The summed E-state index contributed by atoms with van der Waals surface area (Å²) in [5.41, 5.74) is 0.569. The van der Waals surface area contributed by atoms with Crippen molar-refractivity contribution in [1.82, 2.24) is 4.31 Å². The highest BCUT2D eigenvalue weighted by Crippen LogP contribution is 2.30. The molecule has 0 aliphatic carbocycles. The summed E-state index contributed by atoms with van der Waals surface area (Å²) in [6.07, 6.45) is 2.03. The molecule has 2 aliphatic rings. The second-order valence-corrected chi connectivity index (χ2v) is 7.88. The lowest BCUT2D eigenvalue weighted by Gasteiger charge is -2.36. The number of anilines is 1. The lowest BCUT2D eigenvalue weighted by Crippen LogP contribution is -2.50. The van der Waals surface area contributed by atoms with Gasteiger partial charge in [0.05, 0.1) is 24.2 Å². The van der Waals surface area contributed by atoms with Gasteiger partial charge in [0.1, 0.15) is 0 Å². The van der Waals surface area contributed by atoms with E-state index < -0.39 is 16.3 Å². The van der Waals surface area contributed by atoms with E-state index in [1.807, 2.05) is 0 Å². The summed E-state index contributed by atoms with van der Waals surface area (Å²) in [4.78, 5) is 11.3. The van der Waals surface area contributed by atoms with Crippen molar-refractivity contribution >= 4 is 21.6 Å². The Bertz CT molecular complexity index is 683. The Morgan fingerprint density at radius 2 is 1.83 bits per heavy atom. The predicted octanol–water partition coefficient (Wildman–Crippen LogP) is 1.56. The zero-order valence-electron chi connectivity index (χ0n) is 13.6. The average molecular weight is 354 g/mol. The molecule has 1 amide bonds. The van der Waals surface area contributed by atoms with Gasteiger partial charge in [0.15, 0.2) is 6.29 Å². The van der Waals surface area contributed by atoms with E-state index in [4.69, 9.17) is 9.47 Å². The highest BCUT2D eigenvalue weighted by molar-refractivity contribution is 7.89. The number of benzene rings is 1. The van der Waals surface area contributed by atoms with Crippen molar-refractivity contribution in [3.05, 3.63) is 24.3 Å².